The summed E-state index contributed by atoms with van der Waals surface area (Å²) in [7, 11) is 0. The number of halogens is 4. The van der Waals surface area contributed by atoms with Gasteiger partial charge in [0.25, 0.3) is 0 Å². The van der Waals surface area contributed by atoms with Crippen molar-refractivity contribution < 1.29 is 0 Å². The fourth-order valence-electron chi connectivity index (χ4n) is 4.87. The van der Waals surface area contributed by atoms with Gasteiger partial charge in [0.15, 0.2) is 0 Å². The number of alkyl halides is 1. The van der Waals surface area contributed by atoms with Gasteiger partial charge in [0.05, 0.1) is 11.1 Å². The Morgan fingerprint density at radius 3 is 2.40 bits per heavy atom. The lowest BCUT2D eigenvalue weighted by molar-refractivity contribution is 0.271. The molecule has 3 unspecified atom stereocenters. The van der Waals surface area contributed by atoms with Gasteiger partial charge in [-0.25, -0.2) is 0 Å². The van der Waals surface area contributed by atoms with Gasteiger partial charge >= 0.3 is 0 Å². The zero-order valence-corrected chi connectivity index (χ0v) is 23.7. The monoisotopic (exact) mass is 639 g/mol. The summed E-state index contributed by atoms with van der Waals surface area (Å²) in [4.78, 5) is 4.50. The van der Waals surface area contributed by atoms with Crippen LogP contribution in [0.4, 0.5) is 0 Å². The molecule has 1 aliphatic rings. The molecule has 0 saturated heterocycles. The summed E-state index contributed by atoms with van der Waals surface area (Å²) < 4.78 is 0.322. The first-order valence-corrected chi connectivity index (χ1v) is 13.0. The highest BCUT2D eigenvalue weighted by Gasteiger charge is 2.41. The highest BCUT2D eigenvalue weighted by molar-refractivity contribution is 14.1. The summed E-state index contributed by atoms with van der Waals surface area (Å²) in [5.74, 6) is 0. The second-order valence-electron chi connectivity index (χ2n) is 8.94. The number of fused-ring (bicyclic) bond motifs is 1. The third-order valence-electron chi connectivity index (χ3n) is 6.82. The van der Waals surface area contributed by atoms with Gasteiger partial charge in [0.1, 0.15) is 0 Å². The van der Waals surface area contributed by atoms with Crippen molar-refractivity contribution in [1.82, 2.24) is 10.3 Å². The second-order valence-corrected chi connectivity index (χ2v) is 10.9. The molecule has 3 N–H and O–H groups in total. The molecule has 1 saturated carbocycles. The molecule has 0 spiro atoms. The molecule has 5 rings (SSSR count). The van der Waals surface area contributed by atoms with Crippen molar-refractivity contribution in [2.75, 3.05) is 0 Å². The van der Waals surface area contributed by atoms with Crippen LogP contribution in [0.15, 0.2) is 85.1 Å². The van der Waals surface area contributed by atoms with Gasteiger partial charge in [-0.3, -0.25) is 4.98 Å². The molecule has 1 heterocycles. The molecule has 35 heavy (non-hydrogen) atoms. The topological polar surface area (TPSA) is 50.9 Å². The van der Waals surface area contributed by atoms with E-state index in [4.69, 9.17) is 17.3 Å². The van der Waals surface area contributed by atoms with Crippen molar-refractivity contribution in [3.8, 4) is 11.1 Å². The van der Waals surface area contributed by atoms with Crippen LogP contribution in [0.1, 0.15) is 30.4 Å². The summed E-state index contributed by atoms with van der Waals surface area (Å²) in [6.07, 6.45) is 4.88. The predicted octanol–water partition coefficient (Wildman–Crippen LogP) is 7.70. The number of aromatic nitrogens is 1. The average Bonchev–Trinajstić information content (AvgIpc) is 2.85. The molecule has 1 aliphatic carbocycles. The minimum absolute atomic E-state index is 0. The van der Waals surface area contributed by atoms with E-state index in [0.717, 1.165) is 36.7 Å². The number of pyridine rings is 1. The van der Waals surface area contributed by atoms with Gasteiger partial charge < -0.3 is 11.1 Å². The Morgan fingerprint density at radius 1 is 0.971 bits per heavy atom. The first-order chi connectivity index (χ1) is 16.0. The molecule has 184 valence electrons. The van der Waals surface area contributed by atoms with Gasteiger partial charge in [0, 0.05) is 33.1 Å². The standard InChI is InChI=1S/C28H27ClIN3.2ClH/c29-22-10-11-24-25(13-15-32-26(24)16-22)28(31)14-12-23(17-27(28)30)33-18-19-6-8-21(9-7-19)20-4-2-1-3-5-20;;/h1-11,13,15-16,23,27,33H,12,14,17-18,31H2;2*1H. The van der Waals surface area contributed by atoms with Gasteiger partial charge in [-0.15, -0.1) is 24.8 Å². The summed E-state index contributed by atoms with van der Waals surface area (Å²) in [5.41, 5.74) is 12.6. The van der Waals surface area contributed by atoms with Crippen molar-refractivity contribution in [3.05, 3.63) is 101 Å². The molecule has 0 bridgehead atoms. The highest BCUT2D eigenvalue weighted by Crippen LogP contribution is 2.42. The fourth-order valence-corrected chi connectivity index (χ4v) is 6.30. The minimum Gasteiger partial charge on any atom is -0.321 e. The second kappa shape index (κ2) is 12.2. The first-order valence-electron chi connectivity index (χ1n) is 11.4. The highest BCUT2D eigenvalue weighted by atomic mass is 127. The molecule has 3 nitrogen and oxygen atoms in total. The zero-order valence-electron chi connectivity index (χ0n) is 19.2. The van der Waals surface area contributed by atoms with Crippen LogP contribution in [0.25, 0.3) is 22.0 Å². The van der Waals surface area contributed by atoms with Crippen LogP contribution < -0.4 is 11.1 Å². The Morgan fingerprint density at radius 2 is 1.69 bits per heavy atom. The van der Waals surface area contributed by atoms with E-state index in [1.807, 2.05) is 18.3 Å². The molecule has 1 aromatic heterocycles. The summed E-state index contributed by atoms with van der Waals surface area (Å²) >= 11 is 8.73. The summed E-state index contributed by atoms with van der Waals surface area (Å²) in [6, 6.07) is 27.8. The van der Waals surface area contributed by atoms with Crippen LogP contribution in [-0.4, -0.2) is 15.0 Å². The maximum absolute atomic E-state index is 7.07. The smallest absolute Gasteiger partial charge is 0.0720 e. The molecular weight excluding hydrogens is 612 g/mol. The normalized spacial score (nSPS) is 21.7. The maximum atomic E-state index is 7.07. The lowest BCUT2D eigenvalue weighted by Crippen LogP contribution is -2.52. The van der Waals surface area contributed by atoms with Crippen LogP contribution >= 0.6 is 59.0 Å². The Labute approximate surface area is 238 Å². The van der Waals surface area contributed by atoms with Crippen LogP contribution in [0.2, 0.25) is 5.02 Å². The minimum atomic E-state index is -0.370. The quantitative estimate of drug-likeness (QED) is 0.174. The van der Waals surface area contributed by atoms with Crippen molar-refractivity contribution in [3.63, 3.8) is 0 Å². The molecule has 7 heteroatoms. The van der Waals surface area contributed by atoms with Gasteiger partial charge in [0.2, 0.25) is 0 Å². The Balaban J connectivity index is 0.00000171. The Hall–Kier alpha value is -1.41. The van der Waals surface area contributed by atoms with Crippen molar-refractivity contribution in [2.24, 2.45) is 5.73 Å². The van der Waals surface area contributed by atoms with E-state index in [1.165, 1.54) is 22.3 Å². The number of benzene rings is 3. The van der Waals surface area contributed by atoms with E-state index >= 15 is 0 Å². The molecular formula is C28H29Cl3IN3. The largest absolute Gasteiger partial charge is 0.321 e. The van der Waals surface area contributed by atoms with Gasteiger partial charge in [-0.1, -0.05) is 94.9 Å². The van der Waals surface area contributed by atoms with E-state index in [9.17, 15) is 0 Å². The predicted molar refractivity (Wildman–Crippen MR) is 161 cm³/mol. The molecule has 3 aromatic carbocycles. The number of hydrogen-bond donors (Lipinski definition) is 2. The van der Waals surface area contributed by atoms with Gasteiger partial charge in [-0.2, -0.15) is 0 Å². The van der Waals surface area contributed by atoms with Crippen molar-refractivity contribution >= 4 is 69.9 Å². The summed E-state index contributed by atoms with van der Waals surface area (Å²) in [5, 5.41) is 5.58. The molecule has 1 fully saturated rings. The Bertz CT molecular complexity index is 1250. The molecule has 0 amide bonds. The molecule has 4 aromatic rings. The SMILES string of the molecule is Cl.Cl.NC1(c2ccnc3cc(Cl)ccc23)CCC(NCc2ccc(-c3ccccc3)cc2)CC1I. The third kappa shape index (κ3) is 6.12. The van der Waals surface area contributed by atoms with Crippen LogP contribution in [0.3, 0.4) is 0 Å². The zero-order chi connectivity index (χ0) is 22.8. The van der Waals surface area contributed by atoms with E-state index < -0.39 is 0 Å². The van der Waals surface area contributed by atoms with E-state index in [1.54, 1.807) is 0 Å². The van der Waals surface area contributed by atoms with Crippen molar-refractivity contribution in [2.45, 2.75) is 41.3 Å². The Kier molecular flexibility index (Phi) is 9.83. The van der Waals surface area contributed by atoms with Crippen molar-refractivity contribution in [1.29, 1.82) is 0 Å². The number of nitrogens with zero attached hydrogens (tertiary/aromatic N) is 1. The van der Waals surface area contributed by atoms with E-state index in [-0.39, 0.29) is 30.4 Å². The van der Waals surface area contributed by atoms with Crippen LogP contribution in [0, 0.1) is 0 Å². The van der Waals surface area contributed by atoms with E-state index in [2.05, 4.69) is 99.6 Å². The lowest BCUT2D eigenvalue weighted by Gasteiger charge is -2.42. The summed E-state index contributed by atoms with van der Waals surface area (Å²) in [6.45, 7) is 0.872. The molecule has 3 atom stereocenters. The van der Waals surface area contributed by atoms with E-state index in [0.29, 0.717) is 15.0 Å². The van der Waals surface area contributed by atoms with Crippen LogP contribution in [-0.2, 0) is 12.1 Å². The molecule has 0 aliphatic heterocycles. The lowest BCUT2D eigenvalue weighted by atomic mass is 9.74. The first kappa shape index (κ1) is 28.2. The fraction of sp³-hybridized carbons (Fsp3) is 0.250. The third-order valence-corrected chi connectivity index (χ3v) is 8.67. The van der Waals surface area contributed by atoms with Crippen LogP contribution in [0.5, 0.6) is 0 Å². The van der Waals surface area contributed by atoms with Gasteiger partial charge in [-0.05, 0) is 59.7 Å². The molecule has 0 radical (unpaired) electrons. The number of hydrogen-bond acceptors (Lipinski definition) is 3. The number of nitrogens with one attached hydrogen (secondary N) is 1. The average molecular weight is 641 g/mol. The number of nitrogens with two attached hydrogens (primary N) is 1. The number of rotatable bonds is 5. The maximum Gasteiger partial charge on any atom is 0.0720 e.